The molecule has 1 fully saturated rings. The first-order valence-corrected chi connectivity index (χ1v) is 7.96. The molecule has 0 aliphatic heterocycles. The highest BCUT2D eigenvalue weighted by Crippen LogP contribution is 2.33. The van der Waals surface area contributed by atoms with Crippen molar-refractivity contribution in [1.82, 2.24) is 10.6 Å². The number of carbonyl (C=O) groups is 2. The van der Waals surface area contributed by atoms with E-state index >= 15 is 0 Å². The average Bonchev–Trinajstić information content (AvgIpc) is 2.45. The van der Waals surface area contributed by atoms with Crippen LogP contribution < -0.4 is 10.6 Å². The van der Waals surface area contributed by atoms with E-state index < -0.39 is 5.97 Å². The largest absolute Gasteiger partial charge is 0.468 e. The van der Waals surface area contributed by atoms with Crippen LogP contribution in [-0.2, 0) is 19.1 Å². The third-order valence-electron chi connectivity index (χ3n) is 3.76. The van der Waals surface area contributed by atoms with Gasteiger partial charge in [-0.15, -0.1) is 0 Å². The summed E-state index contributed by atoms with van der Waals surface area (Å²) < 4.78 is 10.3. The molecule has 2 N–H and O–H groups in total. The zero-order chi connectivity index (χ0) is 15.1. The van der Waals surface area contributed by atoms with Crippen LogP contribution >= 0.6 is 22.6 Å². The number of likely N-dealkylation sites (N-methyl/N-ethyl adjacent to an activating group) is 1. The van der Waals surface area contributed by atoms with Gasteiger partial charge in [-0.2, -0.15) is 0 Å². The van der Waals surface area contributed by atoms with E-state index in [-0.39, 0.29) is 30.5 Å². The number of methoxy groups -OCH3 is 2. The molecule has 116 valence electrons. The summed E-state index contributed by atoms with van der Waals surface area (Å²) in [6, 6.07) is -0.283. The first kappa shape index (κ1) is 17.6. The highest BCUT2D eigenvalue weighted by molar-refractivity contribution is 14.1. The van der Waals surface area contributed by atoms with Gasteiger partial charge in [-0.1, -0.05) is 22.6 Å². The van der Waals surface area contributed by atoms with Gasteiger partial charge in [-0.25, -0.2) is 0 Å². The molecule has 6 nitrogen and oxygen atoms in total. The normalized spacial score (nSPS) is 27.7. The molecule has 0 radical (unpaired) electrons. The van der Waals surface area contributed by atoms with Crippen LogP contribution in [0, 0.1) is 5.92 Å². The van der Waals surface area contributed by atoms with Gasteiger partial charge in [-0.05, 0) is 32.2 Å². The van der Waals surface area contributed by atoms with E-state index in [1.807, 2.05) is 0 Å². The zero-order valence-corrected chi connectivity index (χ0v) is 14.3. The predicted molar refractivity (Wildman–Crippen MR) is 83.8 cm³/mol. The number of esters is 1. The summed E-state index contributed by atoms with van der Waals surface area (Å²) in [7, 11) is 4.80. The van der Waals surface area contributed by atoms with Crippen LogP contribution in [0.1, 0.15) is 19.3 Å². The second-order valence-electron chi connectivity index (χ2n) is 4.92. The van der Waals surface area contributed by atoms with Crippen molar-refractivity contribution >= 4 is 34.5 Å². The summed E-state index contributed by atoms with van der Waals surface area (Å²) in [5.41, 5.74) is 0. The van der Waals surface area contributed by atoms with E-state index in [1.54, 1.807) is 14.2 Å². The fourth-order valence-corrected chi connectivity index (χ4v) is 3.91. The van der Waals surface area contributed by atoms with E-state index in [2.05, 4.69) is 38.0 Å². The molecule has 0 bridgehead atoms. The smallest absolute Gasteiger partial charge is 0.325 e. The molecule has 1 saturated carbocycles. The summed E-state index contributed by atoms with van der Waals surface area (Å²) in [6.45, 7) is -0.0887. The average molecular weight is 398 g/mol. The number of hydrogen-bond acceptors (Lipinski definition) is 5. The molecular formula is C13H23IN2O4. The molecule has 0 heterocycles. The molecule has 4 atom stereocenters. The molecule has 0 aromatic heterocycles. The molecule has 1 aliphatic rings. The number of amides is 1. The predicted octanol–water partition coefficient (Wildman–Crippen LogP) is 0.482. The zero-order valence-electron chi connectivity index (χ0n) is 12.1. The van der Waals surface area contributed by atoms with Crippen molar-refractivity contribution in [2.75, 3.05) is 27.8 Å². The summed E-state index contributed by atoms with van der Waals surface area (Å²) in [6.07, 6.45) is 3.09. The van der Waals surface area contributed by atoms with Crippen molar-refractivity contribution in [2.24, 2.45) is 5.92 Å². The molecule has 0 spiro atoms. The van der Waals surface area contributed by atoms with Gasteiger partial charge in [0.2, 0.25) is 5.91 Å². The third-order valence-corrected chi connectivity index (χ3v) is 5.07. The van der Waals surface area contributed by atoms with Crippen molar-refractivity contribution in [3.05, 3.63) is 0 Å². The van der Waals surface area contributed by atoms with Crippen LogP contribution in [0.3, 0.4) is 0 Å². The fourth-order valence-electron chi connectivity index (χ4n) is 2.61. The lowest BCUT2D eigenvalue weighted by Gasteiger charge is -2.35. The maximum Gasteiger partial charge on any atom is 0.325 e. The van der Waals surface area contributed by atoms with Crippen molar-refractivity contribution in [3.63, 3.8) is 0 Å². The second kappa shape index (κ2) is 8.78. The Morgan fingerprint density at radius 2 is 2.05 bits per heavy atom. The van der Waals surface area contributed by atoms with Gasteiger partial charge in [0.05, 0.1) is 19.3 Å². The molecule has 20 heavy (non-hydrogen) atoms. The number of hydrogen-bond donors (Lipinski definition) is 2. The minimum absolute atomic E-state index is 0.0887. The first-order chi connectivity index (χ1) is 9.53. The molecule has 0 saturated heterocycles. The summed E-state index contributed by atoms with van der Waals surface area (Å²) in [4.78, 5) is 23.2. The third kappa shape index (κ3) is 4.85. The summed E-state index contributed by atoms with van der Waals surface area (Å²) in [5.74, 6) is -0.337. The molecule has 0 aromatic carbocycles. The molecular weight excluding hydrogens is 375 g/mol. The minimum atomic E-state index is -0.442. The number of carbonyl (C=O) groups excluding carboxylic acids is 2. The van der Waals surface area contributed by atoms with Crippen LogP contribution in [0.2, 0.25) is 0 Å². The summed E-state index contributed by atoms with van der Waals surface area (Å²) in [5, 5.41) is 5.67. The lowest BCUT2D eigenvalue weighted by Crippen LogP contribution is -2.51. The Labute approximate surface area is 133 Å². The molecule has 7 heteroatoms. The Hall–Kier alpha value is -0.410. The van der Waals surface area contributed by atoms with Crippen molar-refractivity contribution < 1.29 is 19.1 Å². The number of alkyl halides is 1. The van der Waals surface area contributed by atoms with Gasteiger partial charge in [0, 0.05) is 11.0 Å². The monoisotopic (exact) mass is 398 g/mol. The van der Waals surface area contributed by atoms with Gasteiger partial charge in [-0.3, -0.25) is 9.59 Å². The summed E-state index contributed by atoms with van der Waals surface area (Å²) >= 11 is 2.39. The maximum atomic E-state index is 12.1. The van der Waals surface area contributed by atoms with Crippen molar-refractivity contribution in [3.8, 4) is 0 Å². The van der Waals surface area contributed by atoms with Gasteiger partial charge in [0.1, 0.15) is 6.54 Å². The Morgan fingerprint density at radius 1 is 1.35 bits per heavy atom. The van der Waals surface area contributed by atoms with Gasteiger partial charge in [0.25, 0.3) is 0 Å². The lowest BCUT2D eigenvalue weighted by molar-refractivity contribution is -0.141. The minimum Gasteiger partial charge on any atom is -0.468 e. The molecule has 1 aliphatic carbocycles. The van der Waals surface area contributed by atoms with Gasteiger partial charge < -0.3 is 20.1 Å². The van der Waals surface area contributed by atoms with Gasteiger partial charge in [0.15, 0.2) is 0 Å². The highest BCUT2D eigenvalue weighted by atomic mass is 127. The fraction of sp³-hybridized carbons (Fsp3) is 0.846. The van der Waals surface area contributed by atoms with E-state index in [0.717, 1.165) is 19.3 Å². The van der Waals surface area contributed by atoms with E-state index in [4.69, 9.17) is 4.74 Å². The number of ether oxygens (including phenoxy) is 2. The quantitative estimate of drug-likeness (QED) is 0.387. The van der Waals surface area contributed by atoms with Gasteiger partial charge >= 0.3 is 5.97 Å². The first-order valence-electron chi connectivity index (χ1n) is 6.72. The van der Waals surface area contributed by atoms with Crippen LogP contribution in [0.4, 0.5) is 0 Å². The Kier molecular flexibility index (Phi) is 7.75. The number of halogens is 1. The van der Waals surface area contributed by atoms with Crippen LogP contribution in [0.5, 0.6) is 0 Å². The Bertz CT molecular complexity index is 340. The Balaban J connectivity index is 2.53. The molecule has 1 rings (SSSR count). The highest BCUT2D eigenvalue weighted by Gasteiger charge is 2.35. The Morgan fingerprint density at radius 3 is 2.55 bits per heavy atom. The molecule has 1 amide bonds. The SMILES string of the molecule is CN[C@H](C(=O)NCC(=O)OC)C1CCC(OC)C(I)C1. The molecule has 3 unspecified atom stereocenters. The number of nitrogens with one attached hydrogen (secondary N) is 2. The lowest BCUT2D eigenvalue weighted by atomic mass is 9.82. The van der Waals surface area contributed by atoms with Crippen LogP contribution in [-0.4, -0.2) is 55.8 Å². The van der Waals surface area contributed by atoms with Crippen LogP contribution in [0.25, 0.3) is 0 Å². The van der Waals surface area contributed by atoms with Crippen LogP contribution in [0.15, 0.2) is 0 Å². The standard InChI is InChI=1S/C13H23IN2O4/c1-15-12(13(18)16-7-11(17)20-3)8-4-5-10(19-2)9(14)6-8/h8-10,12,15H,4-7H2,1-3H3,(H,16,18)/t8?,9?,10?,12-/m0/s1. The topological polar surface area (TPSA) is 76.7 Å². The van der Waals surface area contributed by atoms with E-state index in [9.17, 15) is 9.59 Å². The molecule has 0 aromatic rings. The second-order valence-corrected chi connectivity index (χ2v) is 6.52. The number of rotatable bonds is 6. The van der Waals surface area contributed by atoms with Crippen molar-refractivity contribution in [1.29, 1.82) is 0 Å². The maximum absolute atomic E-state index is 12.1. The van der Waals surface area contributed by atoms with E-state index in [1.165, 1.54) is 7.11 Å². The van der Waals surface area contributed by atoms with Crippen molar-refractivity contribution in [2.45, 2.75) is 35.3 Å². The van der Waals surface area contributed by atoms with E-state index in [0.29, 0.717) is 3.92 Å².